The summed E-state index contributed by atoms with van der Waals surface area (Å²) in [5.74, 6) is 0. The summed E-state index contributed by atoms with van der Waals surface area (Å²) >= 11 is 11.1. The number of aromatic nitrogens is 1. The molecule has 0 bridgehead atoms. The maximum atomic E-state index is 2.44. The predicted molar refractivity (Wildman–Crippen MR) is 636 cm³/mol. The molecule has 0 unspecified atom stereocenters. The first-order chi connectivity index (χ1) is 73.1. The van der Waals surface area contributed by atoms with E-state index in [-0.39, 0.29) is 5.41 Å². The first kappa shape index (κ1) is 88.8. The highest BCUT2D eigenvalue weighted by Crippen LogP contribution is 2.60. The molecule has 7 nitrogen and oxygen atoms in total. The highest BCUT2D eigenvalue weighted by atomic mass is 32.2. The number of anilines is 18. The number of rotatable bonds is 14. The van der Waals surface area contributed by atoms with Crippen molar-refractivity contribution in [3.63, 3.8) is 0 Å². The molecule has 1 aliphatic carbocycles. The van der Waals surface area contributed by atoms with Crippen LogP contribution in [-0.4, -0.2) is 4.57 Å². The van der Waals surface area contributed by atoms with Crippen LogP contribution < -0.4 is 29.4 Å². The van der Waals surface area contributed by atoms with E-state index < -0.39 is 0 Å². The molecule has 0 radical (unpaired) electrons. The Bertz CT molecular complexity index is 9700. The maximum Gasteiger partial charge on any atom is 0.0603 e. The van der Waals surface area contributed by atoms with Crippen LogP contribution in [0.25, 0.3) is 110 Å². The zero-order valence-electron chi connectivity index (χ0n) is 80.7. The maximum absolute atomic E-state index is 2.44. The number of fused-ring (bicyclic) bond motifs is 21. The van der Waals surface area contributed by atoms with Crippen LogP contribution >= 0.6 is 69.3 Å². The summed E-state index contributed by atoms with van der Waals surface area (Å²) in [6.45, 7) is 4.68. The second-order valence-electron chi connectivity index (χ2n) is 38.2. The van der Waals surface area contributed by atoms with Gasteiger partial charge in [-0.1, -0.05) is 334 Å². The zero-order chi connectivity index (χ0) is 98.0. The van der Waals surface area contributed by atoms with E-state index in [0.29, 0.717) is 0 Å². The minimum absolute atomic E-state index is 0.0276. The van der Waals surface area contributed by atoms with Crippen LogP contribution in [0.3, 0.4) is 0 Å². The fourth-order valence-corrected chi connectivity index (χ4v) is 29.1. The van der Waals surface area contributed by atoms with E-state index in [1.54, 1.807) is 0 Å². The van der Waals surface area contributed by atoms with Gasteiger partial charge in [-0.15, -0.1) is 34.0 Å². The normalized spacial score (nSPS) is 12.9. The van der Waals surface area contributed by atoms with Gasteiger partial charge in [-0.25, -0.2) is 0 Å². The highest BCUT2D eigenvalue weighted by molar-refractivity contribution is 8.00. The van der Waals surface area contributed by atoms with E-state index in [9.17, 15) is 0 Å². The van der Waals surface area contributed by atoms with Crippen LogP contribution in [-0.2, 0) is 5.41 Å². The first-order valence-corrected chi connectivity index (χ1v) is 54.9. The molecule has 4 aromatic heterocycles. The van der Waals surface area contributed by atoms with Gasteiger partial charge in [-0.2, -0.15) is 0 Å². The summed E-state index contributed by atoms with van der Waals surface area (Å²) in [5, 5.41) is 10.4. The Morgan fingerprint density at radius 3 is 0.993 bits per heavy atom. The van der Waals surface area contributed by atoms with Crippen molar-refractivity contribution in [1.29, 1.82) is 0 Å². The Morgan fingerprint density at radius 1 is 0.189 bits per heavy atom. The van der Waals surface area contributed by atoms with Gasteiger partial charge in [0.2, 0.25) is 0 Å². The lowest BCUT2D eigenvalue weighted by Crippen LogP contribution is -2.16. The van der Waals surface area contributed by atoms with Crippen LogP contribution in [0, 0.1) is 0 Å². The summed E-state index contributed by atoms with van der Waals surface area (Å²) in [4.78, 5) is 21.9. The number of benzene rings is 22. The molecule has 26 aromatic rings. The average Bonchev–Trinajstić information content (AvgIpc) is 1.54. The van der Waals surface area contributed by atoms with Crippen molar-refractivity contribution < 1.29 is 0 Å². The summed E-state index contributed by atoms with van der Waals surface area (Å²) in [6.07, 6.45) is 0. The molecule has 0 atom stereocenters. The van der Waals surface area contributed by atoms with E-state index in [4.69, 9.17) is 0 Å². The van der Waals surface area contributed by atoms with Crippen LogP contribution in [0.4, 0.5) is 102 Å². The quantitative estimate of drug-likeness (QED) is 0.105. The Kier molecular flexibility index (Phi) is 22.2. The molecular weight excluding hydrogens is 1910 g/mol. The minimum atomic E-state index is -0.0276. The largest absolute Gasteiger partial charge is 0.310 e. The molecule has 148 heavy (non-hydrogen) atoms. The fourth-order valence-electron chi connectivity index (χ4n) is 22.4. The van der Waals surface area contributed by atoms with E-state index >= 15 is 0 Å². The van der Waals surface area contributed by atoms with Gasteiger partial charge in [0.25, 0.3) is 0 Å². The lowest BCUT2D eigenvalue weighted by atomic mass is 9.82. The second-order valence-corrected chi connectivity index (χ2v) is 44.7. The smallest absolute Gasteiger partial charge is 0.0603 e. The minimum Gasteiger partial charge on any atom is -0.310 e. The topological polar surface area (TPSA) is 24.4 Å². The van der Waals surface area contributed by atoms with Crippen molar-refractivity contribution >= 4 is 254 Å². The van der Waals surface area contributed by atoms with Gasteiger partial charge in [0.05, 0.1) is 50.8 Å². The number of hydrogen-bond donors (Lipinski definition) is 0. The van der Waals surface area contributed by atoms with Gasteiger partial charge in [0, 0.05) is 180 Å². The summed E-state index contributed by atoms with van der Waals surface area (Å²) in [7, 11) is 0. The number of thiophene rings is 3. The Labute approximate surface area is 883 Å². The van der Waals surface area contributed by atoms with Gasteiger partial charge in [-0.3, -0.25) is 0 Å². The lowest BCUT2D eigenvalue weighted by Gasteiger charge is -2.34. The molecule has 13 heteroatoms. The van der Waals surface area contributed by atoms with Gasteiger partial charge in [0.15, 0.2) is 0 Å². The molecule has 0 amide bonds. The van der Waals surface area contributed by atoms with Crippen LogP contribution in [0.1, 0.15) is 25.0 Å². The molecule has 7 heterocycles. The molecule has 30 rings (SSSR count). The number of nitrogens with zero attached hydrogens (tertiary/aromatic N) is 7. The molecule has 702 valence electrons. The van der Waals surface area contributed by atoms with E-state index in [1.807, 2.05) is 69.3 Å². The third-order valence-corrected chi connectivity index (χ3v) is 35.9. The van der Waals surface area contributed by atoms with E-state index in [0.717, 1.165) is 56.9 Å². The summed E-state index contributed by atoms with van der Waals surface area (Å²) in [5.41, 5.74) is 32.2. The second kappa shape index (κ2) is 37.0. The van der Waals surface area contributed by atoms with Crippen molar-refractivity contribution in [2.24, 2.45) is 0 Å². The third kappa shape index (κ3) is 15.5. The standard InChI is InChI=1S/C48H31N3S2.C45H32N2S2.C42H28N2S2/c1-3-13-32(14-4-1)49(34-23-26-38-37-17-7-9-19-41(37)50(44(38)29-34)33-15-5-2-6-16-33)35-25-28-43-48(31-35)53-46-22-12-10-20-42(46)51(43)36-24-27-40-39-18-8-11-21-45(39)52-47(40)30-36;1-45(2)37-16-8-6-14-33(37)36-26-30(21-24-38(36)45)46(29-12-4-3-5-13-29)31-22-25-40-44(28-31)49-42-19-11-9-17-39(42)47(40)32-20-23-35-34-15-7-10-18-41(34)48-43(35)27-32;1-3-13-29(14-4-1)33-17-7-9-19-36(33)43(30-15-5-2-6-16-30)31-24-26-38-42(28-31)46-40-22-12-10-20-37(40)44(38)32-23-25-35-34-18-8-11-21-39(34)45-41(35)27-32/h1-31H;3-28H,1-2H3;1-28H. The summed E-state index contributed by atoms with van der Waals surface area (Å²) < 4.78 is 10.3. The fraction of sp³-hybridized carbons (Fsp3) is 0.0222. The van der Waals surface area contributed by atoms with Crippen LogP contribution in [0.5, 0.6) is 0 Å². The van der Waals surface area contributed by atoms with Crippen molar-refractivity contribution in [2.75, 3.05) is 29.4 Å². The third-order valence-electron chi connectivity index (χ3n) is 29.2. The van der Waals surface area contributed by atoms with Gasteiger partial charge in [0.1, 0.15) is 0 Å². The molecule has 4 aliphatic rings. The van der Waals surface area contributed by atoms with Crippen molar-refractivity contribution in [2.45, 2.75) is 48.6 Å². The lowest BCUT2D eigenvalue weighted by molar-refractivity contribution is 0.660. The molecule has 22 aromatic carbocycles. The SMILES string of the molecule is CC1(C)c2ccccc2-c2cc(N(c3ccccc3)c3ccc4c(c3)Sc3ccccc3N4c3ccc4c(c3)sc3ccccc34)ccc21.c1ccc(-c2ccccc2N(c2ccccc2)c2ccc3c(c2)Sc2ccccc2N3c2ccc3c(c2)sc2ccccc23)cc1.c1ccc(N(c2ccc3c(c2)Sc2ccccc2N3c2ccc3c(c2)sc2ccccc23)c2ccc3c4ccccc4n(-c4ccccc4)c3c2)cc1. The molecular formula is C135H91N7S6. The van der Waals surface area contributed by atoms with Gasteiger partial charge >= 0.3 is 0 Å². The zero-order valence-corrected chi connectivity index (χ0v) is 85.6. The molecule has 0 N–H and O–H groups in total. The summed E-state index contributed by atoms with van der Waals surface area (Å²) in [6, 6.07) is 188. The van der Waals surface area contributed by atoms with Crippen molar-refractivity contribution in [3.05, 3.63) is 527 Å². The molecule has 0 saturated heterocycles. The van der Waals surface area contributed by atoms with Crippen molar-refractivity contribution in [1.82, 2.24) is 4.57 Å². The van der Waals surface area contributed by atoms with E-state index in [1.165, 1.54) is 196 Å². The van der Waals surface area contributed by atoms with Gasteiger partial charge < -0.3 is 34.0 Å². The van der Waals surface area contributed by atoms with Crippen molar-refractivity contribution in [3.8, 4) is 27.9 Å². The van der Waals surface area contributed by atoms with Crippen LogP contribution in [0.15, 0.2) is 545 Å². The first-order valence-electron chi connectivity index (χ1n) is 50.0. The van der Waals surface area contributed by atoms with Crippen LogP contribution in [0.2, 0.25) is 0 Å². The average molecular weight is 2000 g/mol. The Morgan fingerprint density at radius 2 is 0.514 bits per heavy atom. The molecule has 0 saturated carbocycles. The number of para-hydroxylation sites is 9. The predicted octanol–water partition coefficient (Wildman–Crippen LogP) is 41.4. The highest BCUT2D eigenvalue weighted by Gasteiger charge is 2.38. The Hall–Kier alpha value is -16.9. The molecule has 0 spiro atoms. The molecule has 0 fully saturated rings. The van der Waals surface area contributed by atoms with Gasteiger partial charge in [-0.05, 0) is 258 Å². The number of hydrogen-bond acceptors (Lipinski definition) is 12. The monoisotopic (exact) mass is 2000 g/mol. The molecule has 3 aliphatic heterocycles. The Balaban J connectivity index is 0.000000107. The van der Waals surface area contributed by atoms with E-state index in [2.05, 4.69) is 563 Å².